The van der Waals surface area contributed by atoms with E-state index in [0.29, 0.717) is 16.2 Å². The molecule has 2 N–H and O–H groups in total. The van der Waals surface area contributed by atoms with Gasteiger partial charge in [-0.25, -0.2) is 4.79 Å². The summed E-state index contributed by atoms with van der Waals surface area (Å²) >= 11 is 1.41. The molecule has 29 heavy (non-hydrogen) atoms. The smallest absolute Gasteiger partial charge is 0.344 e. The number of urea groups is 1. The molecule has 2 aromatic rings. The first-order valence-corrected chi connectivity index (χ1v) is 10.4. The Morgan fingerprint density at radius 2 is 1.93 bits per heavy atom. The largest absolute Gasteiger partial charge is 0.497 e. The topological polar surface area (TPSA) is 87.7 Å². The maximum atomic E-state index is 13.0. The number of thiophene rings is 1. The van der Waals surface area contributed by atoms with E-state index in [0.717, 1.165) is 29.8 Å². The van der Waals surface area contributed by atoms with E-state index in [1.165, 1.54) is 16.2 Å². The van der Waals surface area contributed by atoms with Gasteiger partial charge in [0.1, 0.15) is 11.3 Å². The lowest BCUT2D eigenvalue weighted by atomic mass is 9.92. The molecule has 0 radical (unpaired) electrons. The molecule has 1 aliphatic rings. The summed E-state index contributed by atoms with van der Waals surface area (Å²) in [7, 11) is 1.55. The minimum absolute atomic E-state index is 0.463. The Kier molecular flexibility index (Phi) is 5.93. The van der Waals surface area contributed by atoms with Crippen molar-refractivity contribution < 1.29 is 19.1 Å². The molecule has 1 atom stereocenters. The molecule has 7 nitrogen and oxygen atoms in total. The highest BCUT2D eigenvalue weighted by Gasteiger charge is 2.50. The molecular formula is C21H25N3O4S. The summed E-state index contributed by atoms with van der Waals surface area (Å²) in [5.74, 6) is -0.358. The Labute approximate surface area is 174 Å². The average molecular weight is 416 g/mol. The van der Waals surface area contributed by atoms with Gasteiger partial charge in [-0.15, -0.1) is 11.3 Å². The summed E-state index contributed by atoms with van der Waals surface area (Å²) < 4.78 is 5.14. The van der Waals surface area contributed by atoms with Gasteiger partial charge >= 0.3 is 6.03 Å². The van der Waals surface area contributed by atoms with Gasteiger partial charge in [0.05, 0.1) is 12.0 Å². The molecule has 0 bridgehead atoms. The lowest BCUT2D eigenvalue weighted by molar-refractivity contribution is -0.132. The van der Waals surface area contributed by atoms with E-state index in [2.05, 4.69) is 17.7 Å². The van der Waals surface area contributed by atoms with E-state index in [1.54, 1.807) is 38.3 Å². The summed E-state index contributed by atoms with van der Waals surface area (Å²) in [6.45, 7) is 5.74. The van der Waals surface area contributed by atoms with Crippen LogP contribution in [0.15, 0.2) is 30.3 Å². The SMILES string of the molecule is CCCc1sc(C(=O)NN2C(=O)N[C@](C)(c3ccc(OC)cc3)C2=O)cc1CC. The highest BCUT2D eigenvalue weighted by Crippen LogP contribution is 2.30. The van der Waals surface area contributed by atoms with Crippen molar-refractivity contribution in [2.45, 2.75) is 45.6 Å². The Morgan fingerprint density at radius 3 is 2.52 bits per heavy atom. The lowest BCUT2D eigenvalue weighted by Crippen LogP contribution is -2.47. The Morgan fingerprint density at radius 1 is 1.24 bits per heavy atom. The second-order valence-corrected chi connectivity index (χ2v) is 8.16. The van der Waals surface area contributed by atoms with E-state index in [-0.39, 0.29) is 0 Å². The van der Waals surface area contributed by atoms with Crippen LogP contribution >= 0.6 is 11.3 Å². The summed E-state index contributed by atoms with van der Waals surface area (Å²) in [4.78, 5) is 39.8. The number of nitrogens with zero attached hydrogens (tertiary/aromatic N) is 1. The number of hydrogen-bond donors (Lipinski definition) is 2. The van der Waals surface area contributed by atoms with Crippen LogP contribution in [0.4, 0.5) is 4.79 Å². The molecule has 1 aromatic carbocycles. The maximum Gasteiger partial charge on any atom is 0.344 e. The third kappa shape index (κ3) is 3.85. The van der Waals surface area contributed by atoms with Crippen molar-refractivity contribution in [2.75, 3.05) is 7.11 Å². The molecule has 1 saturated heterocycles. The second kappa shape index (κ2) is 8.24. The number of hydrogen-bond acceptors (Lipinski definition) is 5. The molecule has 2 heterocycles. The highest BCUT2D eigenvalue weighted by atomic mass is 32.1. The van der Waals surface area contributed by atoms with Gasteiger partial charge < -0.3 is 10.1 Å². The standard InChI is InChI=1S/C21H25N3O4S/c1-5-7-16-13(6-2)12-17(29-16)18(25)23-24-19(26)21(3,22-20(24)27)14-8-10-15(28-4)11-9-14/h8-12H,5-7H2,1-4H3,(H,22,27)(H,23,25)/t21-/m1/s1. The van der Waals surface area contributed by atoms with Crippen LogP contribution in [-0.4, -0.2) is 30.0 Å². The molecule has 0 saturated carbocycles. The minimum atomic E-state index is -1.27. The molecule has 154 valence electrons. The van der Waals surface area contributed by atoms with Gasteiger partial charge in [-0.05, 0) is 49.1 Å². The second-order valence-electron chi connectivity index (χ2n) is 7.03. The number of ether oxygens (including phenoxy) is 1. The Hall–Kier alpha value is -2.87. The predicted octanol–water partition coefficient (Wildman–Crippen LogP) is 3.38. The average Bonchev–Trinajstić information content (AvgIpc) is 3.23. The molecular weight excluding hydrogens is 390 g/mol. The van der Waals surface area contributed by atoms with Crippen molar-refractivity contribution in [1.82, 2.24) is 15.8 Å². The van der Waals surface area contributed by atoms with Gasteiger partial charge in [0, 0.05) is 4.88 Å². The van der Waals surface area contributed by atoms with Crippen molar-refractivity contribution in [3.8, 4) is 5.75 Å². The number of benzene rings is 1. The van der Waals surface area contributed by atoms with Crippen LogP contribution in [0.25, 0.3) is 0 Å². The number of hydrazine groups is 1. The molecule has 0 unspecified atom stereocenters. The molecule has 1 aliphatic heterocycles. The van der Waals surface area contributed by atoms with Crippen molar-refractivity contribution >= 4 is 29.2 Å². The predicted molar refractivity (Wildman–Crippen MR) is 111 cm³/mol. The van der Waals surface area contributed by atoms with E-state index in [1.807, 2.05) is 13.0 Å². The van der Waals surface area contributed by atoms with Crippen LogP contribution in [0.2, 0.25) is 0 Å². The molecule has 4 amide bonds. The van der Waals surface area contributed by atoms with Gasteiger partial charge in [0.2, 0.25) is 0 Å². The molecule has 1 fully saturated rings. The molecule has 0 aliphatic carbocycles. The normalized spacial score (nSPS) is 18.7. The third-order valence-corrected chi connectivity index (χ3v) is 6.29. The number of rotatable bonds is 7. The summed E-state index contributed by atoms with van der Waals surface area (Å²) in [6, 6.07) is 8.04. The number of imide groups is 1. The fourth-order valence-electron chi connectivity index (χ4n) is 3.33. The first-order valence-electron chi connectivity index (χ1n) is 9.57. The van der Waals surface area contributed by atoms with Gasteiger partial charge in [0.15, 0.2) is 0 Å². The van der Waals surface area contributed by atoms with E-state index < -0.39 is 23.4 Å². The fourth-order valence-corrected chi connectivity index (χ4v) is 4.58. The number of nitrogens with one attached hydrogen (secondary N) is 2. The van der Waals surface area contributed by atoms with Crippen LogP contribution < -0.4 is 15.5 Å². The monoisotopic (exact) mass is 415 g/mol. The number of aryl methyl sites for hydroxylation is 2. The van der Waals surface area contributed by atoms with Crippen LogP contribution in [0.5, 0.6) is 5.75 Å². The quantitative estimate of drug-likeness (QED) is 0.679. The fraction of sp³-hybridized carbons (Fsp3) is 0.381. The van der Waals surface area contributed by atoms with Crippen molar-refractivity contribution in [3.63, 3.8) is 0 Å². The molecule has 8 heteroatoms. The van der Waals surface area contributed by atoms with Crippen LogP contribution in [0, 0.1) is 0 Å². The highest BCUT2D eigenvalue weighted by molar-refractivity contribution is 7.14. The molecule has 1 aromatic heterocycles. The molecule has 0 spiro atoms. The Bertz CT molecular complexity index is 938. The van der Waals surface area contributed by atoms with E-state index in [9.17, 15) is 14.4 Å². The number of carbonyl (C=O) groups is 3. The molecule has 3 rings (SSSR count). The number of amides is 4. The Balaban J connectivity index is 1.80. The van der Waals surface area contributed by atoms with Crippen LogP contribution in [0.1, 0.15) is 52.9 Å². The van der Waals surface area contributed by atoms with E-state index in [4.69, 9.17) is 4.74 Å². The number of methoxy groups -OCH3 is 1. The summed E-state index contributed by atoms with van der Waals surface area (Å²) in [5, 5.41) is 3.44. The van der Waals surface area contributed by atoms with Crippen molar-refractivity contribution in [2.24, 2.45) is 0 Å². The minimum Gasteiger partial charge on any atom is -0.497 e. The first kappa shape index (κ1) is 20.9. The van der Waals surface area contributed by atoms with Gasteiger partial charge in [-0.2, -0.15) is 5.01 Å². The van der Waals surface area contributed by atoms with Crippen LogP contribution in [-0.2, 0) is 23.2 Å². The maximum absolute atomic E-state index is 13.0. The van der Waals surface area contributed by atoms with E-state index >= 15 is 0 Å². The van der Waals surface area contributed by atoms with Gasteiger partial charge in [-0.1, -0.05) is 32.4 Å². The summed E-state index contributed by atoms with van der Waals surface area (Å²) in [6.07, 6.45) is 2.72. The zero-order valence-corrected chi connectivity index (χ0v) is 17.8. The van der Waals surface area contributed by atoms with Gasteiger partial charge in [-0.3, -0.25) is 15.0 Å². The summed E-state index contributed by atoms with van der Waals surface area (Å²) in [5.41, 5.74) is 2.92. The van der Waals surface area contributed by atoms with Crippen LogP contribution in [0.3, 0.4) is 0 Å². The first-order chi connectivity index (χ1) is 13.8. The zero-order valence-electron chi connectivity index (χ0n) is 17.0. The third-order valence-electron chi connectivity index (χ3n) is 5.05. The van der Waals surface area contributed by atoms with Gasteiger partial charge in [0.25, 0.3) is 11.8 Å². The lowest BCUT2D eigenvalue weighted by Gasteiger charge is -2.22. The van der Waals surface area contributed by atoms with Crippen molar-refractivity contribution in [1.29, 1.82) is 0 Å². The van der Waals surface area contributed by atoms with Crippen molar-refractivity contribution in [3.05, 3.63) is 51.2 Å². The zero-order chi connectivity index (χ0) is 21.2. The number of carbonyl (C=O) groups excluding carboxylic acids is 3.